The van der Waals surface area contributed by atoms with Gasteiger partial charge < -0.3 is 45.1 Å². The molecular formula is C12H22Na4O9. The average molecular weight is 402 g/mol. The molecule has 9 nitrogen and oxygen atoms in total. The van der Waals surface area contributed by atoms with Crippen molar-refractivity contribution in [3.8, 4) is 0 Å². The monoisotopic (exact) mass is 402 g/mol. The van der Waals surface area contributed by atoms with E-state index in [9.17, 15) is 39.6 Å². The minimum absolute atomic E-state index is 0. The first-order valence-electron chi connectivity index (χ1n) is 5.88. The molecular weight excluding hydrogens is 380 g/mol. The van der Waals surface area contributed by atoms with Crippen LogP contribution in [-0.4, -0.2) is 29.4 Å². The number of hydrogen-bond donors (Lipinski definition) is 0. The third-order valence-electron chi connectivity index (χ3n) is 1.15. The fourth-order valence-electron chi connectivity index (χ4n) is 0. The van der Waals surface area contributed by atoms with E-state index in [0.717, 1.165) is 0 Å². The Bertz CT molecular complexity index is 234. The Morgan fingerprint density at radius 1 is 0.480 bits per heavy atom. The Morgan fingerprint density at radius 3 is 0.520 bits per heavy atom. The van der Waals surface area contributed by atoms with E-state index in [1.54, 1.807) is 0 Å². The van der Waals surface area contributed by atoms with Crippen LogP contribution in [0, 0.1) is 0 Å². The van der Waals surface area contributed by atoms with Gasteiger partial charge in [0.15, 0.2) is 0 Å². The van der Waals surface area contributed by atoms with Gasteiger partial charge in [-0.2, -0.15) is 0 Å². The Morgan fingerprint density at radius 2 is 0.520 bits per heavy atom. The summed E-state index contributed by atoms with van der Waals surface area (Å²) in [5.41, 5.74) is 0. The summed E-state index contributed by atoms with van der Waals surface area (Å²) in [5.74, 6) is -3.98. The molecule has 0 unspecified atom stereocenters. The van der Waals surface area contributed by atoms with Gasteiger partial charge in [0.05, 0.1) is 0 Å². The summed E-state index contributed by atoms with van der Waals surface area (Å²) in [5, 5.41) is 37.0. The largest absolute Gasteiger partial charge is 1.00 e. The average Bonchev–Trinajstić information content (AvgIpc) is 2.40. The van der Waals surface area contributed by atoms with Crippen molar-refractivity contribution in [3.05, 3.63) is 0 Å². The fraction of sp³-hybridized carbons (Fsp3) is 0.667. The van der Waals surface area contributed by atoms with Crippen LogP contribution < -0.4 is 139 Å². The first-order valence-corrected chi connectivity index (χ1v) is 5.88. The smallest absolute Gasteiger partial charge is 0.550 e. The fourth-order valence-corrected chi connectivity index (χ4v) is 0. The normalized spacial score (nSPS) is 5.92. The van der Waals surface area contributed by atoms with Crippen LogP contribution in [0.5, 0.6) is 0 Å². The van der Waals surface area contributed by atoms with Gasteiger partial charge in [0.25, 0.3) is 0 Å². The molecule has 0 atom stereocenters. The molecule has 0 radical (unpaired) electrons. The van der Waals surface area contributed by atoms with Gasteiger partial charge in [-0.25, -0.2) is 0 Å². The maximum absolute atomic E-state index is 9.26. The molecule has 0 aliphatic carbocycles. The van der Waals surface area contributed by atoms with Crippen LogP contribution in [0.3, 0.4) is 0 Å². The first-order chi connectivity index (χ1) is 9.08. The number of carboxylic acids is 4. The predicted molar refractivity (Wildman–Crippen MR) is 64.8 cm³/mol. The summed E-state index contributed by atoms with van der Waals surface area (Å²) in [6.45, 7) is 6.15. The summed E-state index contributed by atoms with van der Waals surface area (Å²) >= 11 is 0. The Balaban J connectivity index is -0.0000000183. The molecule has 0 saturated heterocycles. The molecule has 0 amide bonds. The van der Waals surface area contributed by atoms with Crippen molar-refractivity contribution in [2.24, 2.45) is 0 Å². The van der Waals surface area contributed by atoms with Crippen molar-refractivity contribution in [3.63, 3.8) is 0 Å². The van der Waals surface area contributed by atoms with Gasteiger partial charge in [0.2, 0.25) is 0 Å². The van der Waals surface area contributed by atoms with Crippen molar-refractivity contribution in [2.75, 3.05) is 0 Å². The molecule has 0 aliphatic heterocycles. The van der Waals surface area contributed by atoms with E-state index in [4.69, 9.17) is 0 Å². The molecule has 0 saturated carbocycles. The van der Waals surface area contributed by atoms with E-state index >= 15 is 0 Å². The Kier molecular flexibility index (Phi) is 113. The molecule has 128 valence electrons. The summed E-state index contributed by atoms with van der Waals surface area (Å²) < 4.78 is 0. The van der Waals surface area contributed by atoms with Crippen molar-refractivity contribution in [1.82, 2.24) is 0 Å². The Labute approximate surface area is 237 Å². The van der Waals surface area contributed by atoms with Gasteiger partial charge in [-0.15, -0.1) is 0 Å². The van der Waals surface area contributed by atoms with Crippen molar-refractivity contribution < 1.29 is 163 Å². The zero-order valence-corrected chi connectivity index (χ0v) is 24.6. The van der Waals surface area contributed by atoms with Gasteiger partial charge in [0.1, 0.15) is 0 Å². The topological polar surface area (TPSA) is 192 Å². The van der Waals surface area contributed by atoms with Crippen LogP contribution in [0.1, 0.15) is 53.4 Å². The summed E-state index contributed by atoms with van der Waals surface area (Å²) in [6.07, 6.45) is 0.444. The number of carbonyl (C=O) groups excluding carboxylic acids is 4. The quantitative estimate of drug-likeness (QED) is 0.414. The van der Waals surface area contributed by atoms with Crippen LogP contribution in [-0.2, 0) is 19.2 Å². The zero-order valence-electron chi connectivity index (χ0n) is 16.6. The van der Waals surface area contributed by atoms with Gasteiger partial charge in [0, 0.05) is 23.9 Å². The van der Waals surface area contributed by atoms with Gasteiger partial charge in [-0.1, -0.05) is 27.7 Å². The van der Waals surface area contributed by atoms with Crippen LogP contribution in [0.4, 0.5) is 0 Å². The van der Waals surface area contributed by atoms with Crippen LogP contribution in [0.2, 0.25) is 0 Å². The first kappa shape index (κ1) is 56.3. The molecule has 0 fully saturated rings. The summed E-state index contributed by atoms with van der Waals surface area (Å²) in [4.78, 5) is 37.0. The van der Waals surface area contributed by atoms with Gasteiger partial charge in [-0.3, -0.25) is 0 Å². The van der Waals surface area contributed by atoms with Crippen LogP contribution in [0.25, 0.3) is 0 Å². The molecule has 0 rings (SSSR count). The standard InChI is InChI=1S/4C3H6O2.4Na.H2O/c4*1-2-3(4)5;;;;;/h4*2H2,1H3,(H,4,5);;;;;1H2/q;;;;4*+1;/p-4. The second-order valence-electron chi connectivity index (χ2n) is 2.90. The molecule has 0 aromatic heterocycles. The molecule has 0 heterocycles. The molecule has 0 aromatic carbocycles. The van der Waals surface area contributed by atoms with Crippen molar-refractivity contribution in [1.29, 1.82) is 0 Å². The number of rotatable bonds is 4. The van der Waals surface area contributed by atoms with Gasteiger partial charge >= 0.3 is 118 Å². The zero-order chi connectivity index (χ0) is 17.1. The molecule has 0 bridgehead atoms. The van der Waals surface area contributed by atoms with Crippen LogP contribution in [0.15, 0.2) is 0 Å². The maximum Gasteiger partial charge on any atom is 1.00 e. The van der Waals surface area contributed by atoms with E-state index in [1.807, 2.05) is 0 Å². The molecule has 2 N–H and O–H groups in total. The SMILES string of the molecule is CCC(=O)[O-].CCC(=O)[O-].CCC(=O)[O-].CCC(=O)[O-].O.[Na+].[Na+].[Na+].[Na+]. The second kappa shape index (κ2) is 50.1. The number of carbonyl (C=O) groups is 4. The van der Waals surface area contributed by atoms with E-state index < -0.39 is 23.9 Å². The third kappa shape index (κ3) is 152. The third-order valence-corrected chi connectivity index (χ3v) is 1.15. The van der Waals surface area contributed by atoms with Crippen molar-refractivity contribution >= 4 is 23.9 Å². The summed E-state index contributed by atoms with van der Waals surface area (Å²) in [6, 6.07) is 0. The minimum atomic E-state index is -0.995. The maximum atomic E-state index is 9.26. The summed E-state index contributed by atoms with van der Waals surface area (Å²) in [7, 11) is 0. The molecule has 0 aromatic rings. The minimum Gasteiger partial charge on any atom is -0.550 e. The van der Waals surface area contributed by atoms with Gasteiger partial charge in [-0.05, 0) is 25.7 Å². The molecule has 13 heteroatoms. The van der Waals surface area contributed by atoms with Crippen molar-refractivity contribution in [2.45, 2.75) is 53.4 Å². The van der Waals surface area contributed by atoms with Crippen LogP contribution >= 0.6 is 0 Å². The van der Waals surface area contributed by atoms with E-state index in [-0.39, 0.29) is 149 Å². The number of carboxylic acid groups (broad SMARTS) is 4. The molecule has 25 heavy (non-hydrogen) atoms. The predicted octanol–water partition coefficient (Wildman–Crippen LogP) is -16.2. The number of aliphatic carboxylic acids is 4. The Hall–Kier alpha value is 1.84. The molecule has 0 aliphatic rings. The van der Waals surface area contributed by atoms with E-state index in [1.165, 1.54) is 27.7 Å². The van der Waals surface area contributed by atoms with E-state index in [2.05, 4.69) is 0 Å². The second-order valence-corrected chi connectivity index (χ2v) is 2.90. The number of hydrogen-bond acceptors (Lipinski definition) is 8. The molecule has 0 spiro atoms. The van der Waals surface area contributed by atoms with E-state index in [0.29, 0.717) is 0 Å².